The van der Waals surface area contributed by atoms with Crippen LogP contribution < -0.4 is 14.8 Å². The first-order valence-corrected chi connectivity index (χ1v) is 10.7. The van der Waals surface area contributed by atoms with Crippen LogP contribution in [0.3, 0.4) is 0 Å². The summed E-state index contributed by atoms with van der Waals surface area (Å²) >= 11 is 0. The van der Waals surface area contributed by atoms with E-state index in [0.717, 1.165) is 47.3 Å². The number of nitrogens with zero attached hydrogens (tertiary/aromatic N) is 3. The number of carbonyl (C=O) groups is 1. The van der Waals surface area contributed by atoms with Gasteiger partial charge in [-0.15, -0.1) is 5.10 Å². The van der Waals surface area contributed by atoms with Gasteiger partial charge in [-0.05, 0) is 24.8 Å². The highest BCUT2D eigenvalue weighted by molar-refractivity contribution is 5.83. The number of ether oxygens (including phenoxy) is 2. The fourth-order valence-electron chi connectivity index (χ4n) is 4.45. The third kappa shape index (κ3) is 3.53. The molecule has 2 aromatic heterocycles. The number of fused-ring (bicyclic) bond motifs is 1. The van der Waals surface area contributed by atoms with Crippen LogP contribution in [-0.4, -0.2) is 40.0 Å². The molecule has 168 valence electrons. The number of amides is 1. The van der Waals surface area contributed by atoms with E-state index in [1.807, 2.05) is 54.6 Å². The lowest BCUT2D eigenvalue weighted by molar-refractivity contribution is 0.144. The summed E-state index contributed by atoms with van der Waals surface area (Å²) in [6.07, 6.45) is 1.59. The summed E-state index contributed by atoms with van der Waals surface area (Å²) in [6.45, 7) is 0. The Morgan fingerprint density at radius 2 is 1.76 bits per heavy atom. The molecule has 0 radical (unpaired) electrons. The minimum atomic E-state index is -1.00. The molecule has 0 aliphatic heterocycles. The maximum Gasteiger partial charge on any atom is 0.405 e. The molecular formula is C25H24N4O4. The molecule has 0 unspecified atom stereocenters. The quantitative estimate of drug-likeness (QED) is 0.446. The van der Waals surface area contributed by atoms with Crippen LogP contribution in [-0.2, 0) is 5.54 Å². The van der Waals surface area contributed by atoms with Crippen LogP contribution >= 0.6 is 0 Å². The molecule has 4 aromatic rings. The monoisotopic (exact) mass is 444 g/mol. The van der Waals surface area contributed by atoms with Gasteiger partial charge in [-0.3, -0.25) is 0 Å². The van der Waals surface area contributed by atoms with Crippen molar-refractivity contribution < 1.29 is 19.4 Å². The summed E-state index contributed by atoms with van der Waals surface area (Å²) in [4.78, 5) is 16.2. The predicted octanol–water partition coefficient (Wildman–Crippen LogP) is 4.73. The first-order chi connectivity index (χ1) is 16.0. The van der Waals surface area contributed by atoms with Gasteiger partial charge in [-0.2, -0.15) is 0 Å². The molecule has 8 heteroatoms. The summed E-state index contributed by atoms with van der Waals surface area (Å²) in [7, 11) is 3.15. The number of aromatic nitrogens is 3. The third-order valence-corrected chi connectivity index (χ3v) is 6.27. The number of hydrogen-bond acceptors (Lipinski definition) is 5. The highest BCUT2D eigenvalue weighted by Gasteiger charge is 2.40. The molecule has 1 saturated carbocycles. The summed E-state index contributed by atoms with van der Waals surface area (Å²) in [6, 6.07) is 19.6. The van der Waals surface area contributed by atoms with E-state index in [2.05, 4.69) is 10.4 Å². The number of carboxylic acid groups (broad SMARTS) is 1. The van der Waals surface area contributed by atoms with Crippen molar-refractivity contribution in [2.75, 3.05) is 14.2 Å². The van der Waals surface area contributed by atoms with Crippen LogP contribution in [0.1, 0.15) is 24.8 Å². The average molecular weight is 444 g/mol. The average Bonchev–Trinajstić information content (AvgIpc) is 3.20. The molecule has 2 heterocycles. The van der Waals surface area contributed by atoms with Gasteiger partial charge in [0.25, 0.3) is 0 Å². The highest BCUT2D eigenvalue weighted by Crippen LogP contribution is 2.42. The Morgan fingerprint density at radius 3 is 2.33 bits per heavy atom. The number of benzene rings is 2. The van der Waals surface area contributed by atoms with E-state index in [1.54, 1.807) is 24.8 Å². The lowest BCUT2D eigenvalue weighted by atomic mass is 9.72. The van der Waals surface area contributed by atoms with Gasteiger partial charge in [-0.25, -0.2) is 14.3 Å². The molecule has 1 aliphatic rings. The molecule has 2 N–H and O–H groups in total. The zero-order chi connectivity index (χ0) is 23.0. The standard InChI is InChI=1S/C25H24N4O4/c1-32-19-15-20(33-2)28-29-22(17-7-4-3-5-8-17)21(26-23(19)29)16-9-11-18(12-10-16)25(13-6-14-25)27-24(30)31/h3-5,7-12,15,27H,6,13-14H2,1-2H3,(H,30,31). The van der Waals surface area contributed by atoms with E-state index in [-0.39, 0.29) is 0 Å². The van der Waals surface area contributed by atoms with Gasteiger partial charge in [0.15, 0.2) is 11.4 Å². The fourth-order valence-corrected chi connectivity index (χ4v) is 4.45. The zero-order valence-corrected chi connectivity index (χ0v) is 18.4. The normalized spacial score (nSPS) is 14.5. The van der Waals surface area contributed by atoms with E-state index >= 15 is 0 Å². The first kappa shape index (κ1) is 20.8. The molecular weight excluding hydrogens is 420 g/mol. The molecule has 0 saturated heterocycles. The molecule has 0 bridgehead atoms. The van der Waals surface area contributed by atoms with Gasteiger partial charge in [0, 0.05) is 17.2 Å². The molecule has 1 aliphatic carbocycles. The summed E-state index contributed by atoms with van der Waals surface area (Å²) in [5.41, 5.74) is 4.45. The summed E-state index contributed by atoms with van der Waals surface area (Å²) in [5, 5.41) is 16.6. The van der Waals surface area contributed by atoms with E-state index in [0.29, 0.717) is 17.3 Å². The second-order valence-corrected chi connectivity index (χ2v) is 8.11. The van der Waals surface area contributed by atoms with Gasteiger partial charge in [0.2, 0.25) is 5.88 Å². The van der Waals surface area contributed by atoms with E-state index in [9.17, 15) is 9.90 Å². The molecule has 33 heavy (non-hydrogen) atoms. The minimum absolute atomic E-state index is 0.419. The number of methoxy groups -OCH3 is 2. The van der Waals surface area contributed by atoms with Gasteiger partial charge in [0.1, 0.15) is 5.69 Å². The molecule has 0 atom stereocenters. The Hall–Kier alpha value is -4.07. The number of hydrogen-bond donors (Lipinski definition) is 2. The number of rotatable bonds is 6. The van der Waals surface area contributed by atoms with Crippen molar-refractivity contribution in [3.63, 3.8) is 0 Å². The van der Waals surface area contributed by atoms with Gasteiger partial charge in [-0.1, -0.05) is 54.6 Å². The molecule has 1 fully saturated rings. The molecule has 0 spiro atoms. The minimum Gasteiger partial charge on any atom is -0.493 e. The third-order valence-electron chi connectivity index (χ3n) is 6.27. The van der Waals surface area contributed by atoms with E-state index in [1.165, 1.54) is 0 Å². The number of nitrogens with one attached hydrogen (secondary N) is 1. The molecule has 1 amide bonds. The first-order valence-electron chi connectivity index (χ1n) is 10.7. The van der Waals surface area contributed by atoms with Crippen molar-refractivity contribution in [3.8, 4) is 34.1 Å². The van der Waals surface area contributed by atoms with Crippen molar-refractivity contribution in [1.29, 1.82) is 0 Å². The summed E-state index contributed by atoms with van der Waals surface area (Å²) < 4.78 is 12.7. The van der Waals surface area contributed by atoms with Crippen molar-refractivity contribution in [2.24, 2.45) is 0 Å². The Bertz CT molecular complexity index is 1310. The van der Waals surface area contributed by atoms with Crippen LogP contribution in [0.4, 0.5) is 4.79 Å². The van der Waals surface area contributed by atoms with Crippen molar-refractivity contribution in [1.82, 2.24) is 19.9 Å². The molecule has 5 rings (SSSR count). The molecule has 8 nitrogen and oxygen atoms in total. The van der Waals surface area contributed by atoms with Crippen molar-refractivity contribution in [3.05, 3.63) is 66.2 Å². The van der Waals surface area contributed by atoms with Crippen LogP contribution in [0.2, 0.25) is 0 Å². The highest BCUT2D eigenvalue weighted by atomic mass is 16.5. The predicted molar refractivity (Wildman–Crippen MR) is 124 cm³/mol. The fraction of sp³-hybridized carbons (Fsp3) is 0.240. The van der Waals surface area contributed by atoms with Crippen LogP contribution in [0.5, 0.6) is 11.6 Å². The zero-order valence-electron chi connectivity index (χ0n) is 18.4. The van der Waals surface area contributed by atoms with Crippen molar-refractivity contribution in [2.45, 2.75) is 24.8 Å². The largest absolute Gasteiger partial charge is 0.493 e. The Morgan fingerprint density at radius 1 is 1.03 bits per heavy atom. The molecule has 2 aromatic carbocycles. The van der Waals surface area contributed by atoms with Gasteiger partial charge in [0.05, 0.1) is 25.5 Å². The van der Waals surface area contributed by atoms with Crippen LogP contribution in [0.25, 0.3) is 28.2 Å². The second kappa shape index (κ2) is 8.12. The number of imidazole rings is 1. The SMILES string of the molecule is COc1cc(OC)c2nc(-c3ccc(C4(NC(=O)O)CCC4)cc3)c(-c3ccccc3)n2n1. The van der Waals surface area contributed by atoms with Crippen LogP contribution in [0, 0.1) is 0 Å². The van der Waals surface area contributed by atoms with Gasteiger partial charge < -0.3 is 19.9 Å². The van der Waals surface area contributed by atoms with E-state index < -0.39 is 11.6 Å². The topological polar surface area (TPSA) is 98.0 Å². The smallest absolute Gasteiger partial charge is 0.405 e. The van der Waals surface area contributed by atoms with Crippen molar-refractivity contribution >= 4 is 11.7 Å². The Balaban J connectivity index is 1.67. The maximum atomic E-state index is 11.3. The van der Waals surface area contributed by atoms with E-state index in [4.69, 9.17) is 14.5 Å². The Kier molecular flexibility index (Phi) is 5.12. The van der Waals surface area contributed by atoms with Crippen LogP contribution in [0.15, 0.2) is 60.7 Å². The Labute approximate surface area is 190 Å². The van der Waals surface area contributed by atoms with Gasteiger partial charge >= 0.3 is 6.09 Å². The summed E-state index contributed by atoms with van der Waals surface area (Å²) in [5.74, 6) is 0.975. The second-order valence-electron chi connectivity index (χ2n) is 8.11. The maximum absolute atomic E-state index is 11.3. The lowest BCUT2D eigenvalue weighted by Crippen LogP contribution is -2.50. The lowest BCUT2D eigenvalue weighted by Gasteiger charge is -2.42.